The molecule has 22 heavy (non-hydrogen) atoms. The molecule has 1 saturated heterocycles. The molecule has 1 fully saturated rings. The molecule has 118 valence electrons. The minimum atomic E-state index is -0.809. The normalized spacial score (nSPS) is 17.6. The summed E-state index contributed by atoms with van der Waals surface area (Å²) in [6.45, 7) is 2.02. The molecule has 0 bridgehead atoms. The summed E-state index contributed by atoms with van der Waals surface area (Å²) in [5.41, 5.74) is -0.140. The Morgan fingerprint density at radius 2 is 2.14 bits per heavy atom. The number of amides is 1. The number of aryl methyl sites for hydroxylation is 1. The van der Waals surface area contributed by atoms with Gasteiger partial charge < -0.3 is 10.4 Å². The van der Waals surface area contributed by atoms with Gasteiger partial charge >= 0.3 is 0 Å². The van der Waals surface area contributed by atoms with Crippen molar-refractivity contribution in [1.82, 2.24) is 5.32 Å². The van der Waals surface area contributed by atoms with Gasteiger partial charge in [0, 0.05) is 16.6 Å². The minimum absolute atomic E-state index is 0.232. The third-order valence-corrected chi connectivity index (χ3v) is 6.35. The van der Waals surface area contributed by atoms with Crippen molar-refractivity contribution in [3.05, 3.63) is 34.5 Å². The quantitative estimate of drug-likeness (QED) is 0.902. The van der Waals surface area contributed by atoms with Crippen LogP contribution in [0.15, 0.2) is 18.2 Å². The average molecular weight is 339 g/mol. The summed E-state index contributed by atoms with van der Waals surface area (Å²) < 4.78 is 14.7. The van der Waals surface area contributed by atoms with E-state index in [-0.39, 0.29) is 18.3 Å². The number of fused-ring (bicyclic) bond motifs is 1. The van der Waals surface area contributed by atoms with Crippen molar-refractivity contribution in [2.45, 2.75) is 25.4 Å². The van der Waals surface area contributed by atoms with E-state index in [4.69, 9.17) is 0 Å². The molecule has 2 aromatic rings. The Labute approximate surface area is 136 Å². The molecule has 0 radical (unpaired) electrons. The molecule has 6 heteroatoms. The lowest BCUT2D eigenvalue weighted by atomic mass is 9.97. The highest BCUT2D eigenvalue weighted by atomic mass is 32.2. The maximum absolute atomic E-state index is 13.9. The summed E-state index contributed by atoms with van der Waals surface area (Å²) in [5, 5.41) is 13.8. The van der Waals surface area contributed by atoms with Gasteiger partial charge in [0.1, 0.15) is 5.82 Å². The van der Waals surface area contributed by atoms with E-state index in [0.29, 0.717) is 28.7 Å². The zero-order valence-electron chi connectivity index (χ0n) is 12.3. The molecule has 0 saturated carbocycles. The predicted octanol–water partition coefficient (Wildman–Crippen LogP) is 3.34. The maximum Gasteiger partial charge on any atom is 0.261 e. The van der Waals surface area contributed by atoms with Crippen molar-refractivity contribution in [3.63, 3.8) is 0 Å². The van der Waals surface area contributed by atoms with Gasteiger partial charge in [-0.05, 0) is 49.0 Å². The Kier molecular flexibility index (Phi) is 4.43. The highest BCUT2D eigenvalue weighted by Crippen LogP contribution is 2.33. The Hall–Kier alpha value is -1.11. The van der Waals surface area contributed by atoms with E-state index in [1.165, 1.54) is 17.4 Å². The standard InChI is InChI=1S/C16H18FNO2S2/c1-10-13-11(17)3-2-4-12(13)22-14(10)15(19)18-9-16(20)5-7-21-8-6-16/h2-4,20H,5-9H2,1H3,(H,18,19). The van der Waals surface area contributed by atoms with Crippen molar-refractivity contribution < 1.29 is 14.3 Å². The Morgan fingerprint density at radius 3 is 2.82 bits per heavy atom. The van der Waals surface area contributed by atoms with Gasteiger partial charge in [0.15, 0.2) is 0 Å². The number of thioether (sulfide) groups is 1. The van der Waals surface area contributed by atoms with Gasteiger partial charge in [-0.2, -0.15) is 11.8 Å². The smallest absolute Gasteiger partial charge is 0.261 e. The lowest BCUT2D eigenvalue weighted by Gasteiger charge is -2.31. The fourth-order valence-corrected chi connectivity index (χ4v) is 5.12. The second-order valence-electron chi connectivity index (χ2n) is 5.69. The molecule has 2 N–H and O–H groups in total. The minimum Gasteiger partial charge on any atom is -0.388 e. The highest BCUT2D eigenvalue weighted by Gasteiger charge is 2.30. The molecule has 1 aliphatic rings. The number of aliphatic hydroxyl groups is 1. The summed E-state index contributed by atoms with van der Waals surface area (Å²) in [5.74, 6) is 1.30. The van der Waals surface area contributed by atoms with Crippen LogP contribution in [0.25, 0.3) is 10.1 Å². The van der Waals surface area contributed by atoms with E-state index in [9.17, 15) is 14.3 Å². The molecular formula is C16H18FNO2S2. The zero-order valence-corrected chi connectivity index (χ0v) is 14.0. The lowest BCUT2D eigenvalue weighted by molar-refractivity contribution is 0.0312. The number of carbonyl (C=O) groups is 1. The zero-order chi connectivity index (χ0) is 15.7. The Bertz CT molecular complexity index is 707. The summed E-state index contributed by atoms with van der Waals surface area (Å²) in [7, 11) is 0. The summed E-state index contributed by atoms with van der Waals surface area (Å²) >= 11 is 3.12. The highest BCUT2D eigenvalue weighted by molar-refractivity contribution is 7.99. The molecule has 1 amide bonds. The van der Waals surface area contributed by atoms with Crippen LogP contribution in [0.5, 0.6) is 0 Å². The van der Waals surface area contributed by atoms with Crippen LogP contribution < -0.4 is 5.32 Å². The first-order chi connectivity index (χ1) is 10.5. The van der Waals surface area contributed by atoms with Gasteiger partial charge in [-0.25, -0.2) is 4.39 Å². The monoisotopic (exact) mass is 339 g/mol. The summed E-state index contributed by atoms with van der Waals surface area (Å²) in [6, 6.07) is 4.88. The summed E-state index contributed by atoms with van der Waals surface area (Å²) in [6.07, 6.45) is 1.38. The fraction of sp³-hybridized carbons (Fsp3) is 0.438. The SMILES string of the molecule is Cc1c(C(=O)NCC2(O)CCSCC2)sc2cccc(F)c12. The number of benzene rings is 1. The molecule has 0 atom stereocenters. The first kappa shape index (κ1) is 15.8. The van der Waals surface area contributed by atoms with Gasteiger partial charge in [0.25, 0.3) is 5.91 Å². The molecule has 0 spiro atoms. The Morgan fingerprint density at radius 1 is 1.41 bits per heavy atom. The van der Waals surface area contributed by atoms with E-state index in [2.05, 4.69) is 5.32 Å². The van der Waals surface area contributed by atoms with Crippen LogP contribution in [0, 0.1) is 12.7 Å². The number of hydrogen-bond acceptors (Lipinski definition) is 4. The van der Waals surface area contributed by atoms with Gasteiger partial charge in [-0.1, -0.05) is 6.07 Å². The molecule has 1 aromatic carbocycles. The van der Waals surface area contributed by atoms with Crippen molar-refractivity contribution in [1.29, 1.82) is 0 Å². The van der Waals surface area contributed by atoms with Crippen LogP contribution in [0.3, 0.4) is 0 Å². The van der Waals surface area contributed by atoms with E-state index < -0.39 is 5.60 Å². The number of nitrogens with one attached hydrogen (secondary N) is 1. The van der Waals surface area contributed by atoms with Crippen LogP contribution in [-0.2, 0) is 0 Å². The maximum atomic E-state index is 13.9. The van der Waals surface area contributed by atoms with Gasteiger partial charge in [-0.3, -0.25) is 4.79 Å². The van der Waals surface area contributed by atoms with Crippen molar-refractivity contribution in [2.75, 3.05) is 18.1 Å². The molecule has 3 rings (SSSR count). The van der Waals surface area contributed by atoms with Gasteiger partial charge in [0.05, 0.1) is 10.5 Å². The van der Waals surface area contributed by atoms with Crippen LogP contribution >= 0.6 is 23.1 Å². The third kappa shape index (κ3) is 3.00. The second kappa shape index (κ2) is 6.18. The van der Waals surface area contributed by atoms with Crippen molar-refractivity contribution >= 4 is 39.1 Å². The van der Waals surface area contributed by atoms with E-state index in [1.54, 1.807) is 13.0 Å². The number of rotatable bonds is 3. The molecule has 1 aromatic heterocycles. The largest absolute Gasteiger partial charge is 0.388 e. The van der Waals surface area contributed by atoms with E-state index in [0.717, 1.165) is 16.2 Å². The van der Waals surface area contributed by atoms with Crippen molar-refractivity contribution in [3.8, 4) is 0 Å². The number of thiophene rings is 1. The first-order valence-corrected chi connectivity index (χ1v) is 9.23. The van der Waals surface area contributed by atoms with Crippen molar-refractivity contribution in [2.24, 2.45) is 0 Å². The van der Waals surface area contributed by atoms with Gasteiger partial charge in [0.2, 0.25) is 0 Å². The number of carbonyl (C=O) groups excluding carboxylic acids is 1. The van der Waals surface area contributed by atoms with Crippen LogP contribution in [-0.4, -0.2) is 34.7 Å². The number of hydrogen-bond donors (Lipinski definition) is 2. The summed E-state index contributed by atoms with van der Waals surface area (Å²) in [4.78, 5) is 12.9. The molecule has 3 nitrogen and oxygen atoms in total. The van der Waals surface area contributed by atoms with E-state index >= 15 is 0 Å². The fourth-order valence-electron chi connectivity index (χ4n) is 2.72. The molecule has 2 heterocycles. The van der Waals surface area contributed by atoms with Crippen LogP contribution in [0.4, 0.5) is 4.39 Å². The second-order valence-corrected chi connectivity index (χ2v) is 7.97. The molecule has 1 aliphatic heterocycles. The third-order valence-electron chi connectivity index (χ3n) is 4.11. The average Bonchev–Trinajstić information content (AvgIpc) is 2.84. The van der Waals surface area contributed by atoms with Crippen LogP contribution in [0.1, 0.15) is 28.1 Å². The predicted molar refractivity (Wildman–Crippen MR) is 90.4 cm³/mol. The lowest BCUT2D eigenvalue weighted by Crippen LogP contribution is -2.45. The molecule has 0 aliphatic carbocycles. The van der Waals surface area contributed by atoms with E-state index in [1.807, 2.05) is 17.8 Å². The molecular weight excluding hydrogens is 321 g/mol. The topological polar surface area (TPSA) is 49.3 Å². The first-order valence-electron chi connectivity index (χ1n) is 7.26. The molecule has 0 unspecified atom stereocenters. The Balaban J connectivity index is 1.78. The van der Waals surface area contributed by atoms with Crippen LogP contribution in [0.2, 0.25) is 0 Å². The van der Waals surface area contributed by atoms with Gasteiger partial charge in [-0.15, -0.1) is 11.3 Å². The number of halogens is 1.